The van der Waals surface area contributed by atoms with Gasteiger partial charge in [0.25, 0.3) is 0 Å². The summed E-state index contributed by atoms with van der Waals surface area (Å²) in [7, 11) is 1.18. The van der Waals surface area contributed by atoms with Crippen LogP contribution in [0.5, 0.6) is 0 Å². The van der Waals surface area contributed by atoms with Crippen LogP contribution in [0.15, 0.2) is 0 Å². The van der Waals surface area contributed by atoms with Crippen molar-refractivity contribution in [1.82, 2.24) is 10.6 Å². The molecule has 1 fully saturated rings. The van der Waals surface area contributed by atoms with Crippen LogP contribution in [0, 0.1) is 5.92 Å². The van der Waals surface area contributed by atoms with E-state index in [1.165, 1.54) is 7.11 Å². The average molecular weight is 258 g/mol. The fourth-order valence-electron chi connectivity index (χ4n) is 2.05. The lowest BCUT2D eigenvalue weighted by Crippen LogP contribution is -2.43. The Bertz CT molecular complexity index is 331. The molecule has 2 amide bonds. The van der Waals surface area contributed by atoms with E-state index in [-0.39, 0.29) is 18.5 Å². The molecule has 18 heavy (non-hydrogen) atoms. The SMILES string of the molecule is COC(=O)NC(=O)CNC1CCCC(C(=O)O)C1. The van der Waals surface area contributed by atoms with Gasteiger partial charge in [-0.2, -0.15) is 0 Å². The summed E-state index contributed by atoms with van der Waals surface area (Å²) in [5.74, 6) is -1.63. The van der Waals surface area contributed by atoms with E-state index in [9.17, 15) is 14.4 Å². The number of carboxylic acid groups (broad SMARTS) is 1. The third-order valence-electron chi connectivity index (χ3n) is 3.00. The van der Waals surface area contributed by atoms with E-state index in [0.717, 1.165) is 12.8 Å². The summed E-state index contributed by atoms with van der Waals surface area (Å²) in [6, 6.07) is 0.00301. The van der Waals surface area contributed by atoms with Gasteiger partial charge in [0, 0.05) is 6.04 Å². The molecule has 0 aliphatic heterocycles. The minimum Gasteiger partial charge on any atom is -0.481 e. The number of rotatable bonds is 4. The molecular formula is C11H18N2O5. The number of carbonyl (C=O) groups excluding carboxylic acids is 2. The highest BCUT2D eigenvalue weighted by atomic mass is 16.5. The number of carboxylic acids is 1. The van der Waals surface area contributed by atoms with Crippen molar-refractivity contribution in [2.24, 2.45) is 5.92 Å². The van der Waals surface area contributed by atoms with Gasteiger partial charge in [0.15, 0.2) is 0 Å². The molecule has 1 saturated carbocycles. The molecule has 0 aromatic heterocycles. The first-order chi connectivity index (χ1) is 8.52. The monoisotopic (exact) mass is 258 g/mol. The summed E-state index contributed by atoms with van der Waals surface area (Å²) in [6.07, 6.45) is 2.07. The standard InChI is InChI=1S/C11H18N2O5/c1-18-11(17)13-9(14)6-12-8-4-2-3-7(5-8)10(15)16/h7-8,12H,2-6H2,1H3,(H,15,16)(H,13,14,17). The smallest absolute Gasteiger partial charge is 0.413 e. The van der Waals surface area contributed by atoms with Crippen molar-refractivity contribution in [3.8, 4) is 0 Å². The van der Waals surface area contributed by atoms with Gasteiger partial charge < -0.3 is 15.2 Å². The molecule has 2 unspecified atom stereocenters. The summed E-state index contributed by atoms with van der Waals surface area (Å²) < 4.78 is 4.28. The molecule has 1 rings (SSSR count). The topological polar surface area (TPSA) is 105 Å². The summed E-state index contributed by atoms with van der Waals surface area (Å²) in [5, 5.41) is 13.9. The zero-order valence-electron chi connectivity index (χ0n) is 10.3. The largest absolute Gasteiger partial charge is 0.481 e. The molecule has 0 aromatic rings. The minimum atomic E-state index is -0.797. The average Bonchev–Trinajstić information content (AvgIpc) is 2.36. The number of nitrogens with one attached hydrogen (secondary N) is 2. The van der Waals surface area contributed by atoms with Crippen LogP contribution in [0.25, 0.3) is 0 Å². The maximum absolute atomic E-state index is 11.3. The Morgan fingerprint density at radius 3 is 2.67 bits per heavy atom. The summed E-state index contributed by atoms with van der Waals surface area (Å²) in [5.41, 5.74) is 0. The van der Waals surface area contributed by atoms with Crippen LogP contribution >= 0.6 is 0 Å². The first-order valence-electron chi connectivity index (χ1n) is 5.87. The normalized spacial score (nSPS) is 23.2. The highest BCUT2D eigenvalue weighted by Gasteiger charge is 2.26. The van der Waals surface area contributed by atoms with E-state index < -0.39 is 18.0 Å². The van der Waals surface area contributed by atoms with Crippen molar-refractivity contribution in [1.29, 1.82) is 0 Å². The number of amides is 2. The Kier molecular flexibility index (Phi) is 5.57. The maximum Gasteiger partial charge on any atom is 0.413 e. The molecule has 0 saturated heterocycles. The first-order valence-corrected chi connectivity index (χ1v) is 5.87. The molecule has 0 aromatic carbocycles. The Morgan fingerprint density at radius 1 is 1.33 bits per heavy atom. The molecule has 1 aliphatic carbocycles. The van der Waals surface area contributed by atoms with Crippen molar-refractivity contribution in [3.63, 3.8) is 0 Å². The molecule has 102 valence electrons. The van der Waals surface area contributed by atoms with Gasteiger partial charge in [0.2, 0.25) is 5.91 Å². The predicted octanol–water partition coefficient (Wildman–Crippen LogP) is 0.102. The van der Waals surface area contributed by atoms with Gasteiger partial charge in [-0.25, -0.2) is 4.79 Å². The van der Waals surface area contributed by atoms with Gasteiger partial charge in [-0.05, 0) is 19.3 Å². The number of hydrogen-bond donors (Lipinski definition) is 3. The number of hydrogen-bond acceptors (Lipinski definition) is 5. The Hall–Kier alpha value is -1.63. The fraction of sp³-hybridized carbons (Fsp3) is 0.727. The van der Waals surface area contributed by atoms with E-state index in [2.05, 4.69) is 10.1 Å². The molecule has 3 N–H and O–H groups in total. The lowest BCUT2D eigenvalue weighted by molar-refractivity contribution is -0.143. The van der Waals surface area contributed by atoms with E-state index in [1.54, 1.807) is 0 Å². The van der Waals surface area contributed by atoms with Gasteiger partial charge in [0.05, 0.1) is 19.6 Å². The van der Waals surface area contributed by atoms with E-state index in [0.29, 0.717) is 12.8 Å². The maximum atomic E-state index is 11.3. The molecule has 0 spiro atoms. The van der Waals surface area contributed by atoms with Crippen LogP contribution in [-0.4, -0.2) is 42.8 Å². The van der Waals surface area contributed by atoms with Gasteiger partial charge in [0.1, 0.15) is 0 Å². The highest BCUT2D eigenvalue weighted by Crippen LogP contribution is 2.24. The van der Waals surface area contributed by atoms with Crippen LogP contribution in [0.3, 0.4) is 0 Å². The molecule has 7 heteroatoms. The van der Waals surface area contributed by atoms with Crippen LogP contribution in [0.2, 0.25) is 0 Å². The second kappa shape index (κ2) is 6.95. The second-order valence-electron chi connectivity index (χ2n) is 4.32. The molecule has 0 radical (unpaired) electrons. The quantitative estimate of drug-likeness (QED) is 0.660. The second-order valence-corrected chi connectivity index (χ2v) is 4.32. The fourth-order valence-corrected chi connectivity index (χ4v) is 2.05. The number of methoxy groups -OCH3 is 1. The summed E-state index contributed by atoms with van der Waals surface area (Å²) in [4.78, 5) is 32.9. The Labute approximate surface area is 105 Å². The minimum absolute atomic E-state index is 0.00301. The number of alkyl carbamates (subject to hydrolysis) is 1. The number of imide groups is 1. The van der Waals surface area contributed by atoms with Crippen LogP contribution in [-0.2, 0) is 14.3 Å². The number of carbonyl (C=O) groups is 3. The van der Waals surface area contributed by atoms with E-state index in [1.807, 2.05) is 5.32 Å². The van der Waals surface area contributed by atoms with Crippen molar-refractivity contribution in [3.05, 3.63) is 0 Å². The van der Waals surface area contributed by atoms with Crippen LogP contribution < -0.4 is 10.6 Å². The number of aliphatic carboxylic acids is 1. The molecule has 2 atom stereocenters. The predicted molar refractivity (Wildman–Crippen MR) is 61.9 cm³/mol. The molecule has 7 nitrogen and oxygen atoms in total. The molecule has 1 aliphatic rings. The van der Waals surface area contributed by atoms with E-state index in [4.69, 9.17) is 5.11 Å². The first kappa shape index (κ1) is 14.4. The van der Waals surface area contributed by atoms with Crippen molar-refractivity contribution in [2.45, 2.75) is 31.7 Å². The summed E-state index contributed by atoms with van der Waals surface area (Å²) in [6.45, 7) is -0.0217. The van der Waals surface area contributed by atoms with Crippen LogP contribution in [0.4, 0.5) is 4.79 Å². The van der Waals surface area contributed by atoms with Crippen molar-refractivity contribution >= 4 is 18.0 Å². The van der Waals surface area contributed by atoms with Gasteiger partial charge >= 0.3 is 12.1 Å². The Morgan fingerprint density at radius 2 is 2.06 bits per heavy atom. The van der Waals surface area contributed by atoms with Crippen LogP contribution in [0.1, 0.15) is 25.7 Å². The van der Waals surface area contributed by atoms with Gasteiger partial charge in [-0.3, -0.25) is 14.9 Å². The summed E-state index contributed by atoms with van der Waals surface area (Å²) >= 11 is 0. The van der Waals surface area contributed by atoms with Gasteiger partial charge in [-0.1, -0.05) is 6.42 Å². The number of ether oxygens (including phenoxy) is 1. The van der Waals surface area contributed by atoms with Crippen molar-refractivity contribution < 1.29 is 24.2 Å². The zero-order valence-corrected chi connectivity index (χ0v) is 10.3. The van der Waals surface area contributed by atoms with E-state index >= 15 is 0 Å². The molecule has 0 bridgehead atoms. The molecular weight excluding hydrogens is 240 g/mol. The zero-order chi connectivity index (χ0) is 13.5. The lowest BCUT2D eigenvalue weighted by atomic mass is 9.86. The van der Waals surface area contributed by atoms with Gasteiger partial charge in [-0.15, -0.1) is 0 Å². The molecule has 0 heterocycles. The Balaban J connectivity index is 2.28. The third-order valence-corrected chi connectivity index (χ3v) is 3.00. The highest BCUT2D eigenvalue weighted by molar-refractivity contribution is 5.92. The third kappa shape index (κ3) is 4.70. The van der Waals surface area contributed by atoms with Crippen molar-refractivity contribution in [2.75, 3.05) is 13.7 Å². The lowest BCUT2D eigenvalue weighted by Gasteiger charge is -2.27.